The number of benzene rings is 3. The maximum absolute atomic E-state index is 13.2. The predicted octanol–water partition coefficient (Wildman–Crippen LogP) is 3.81. The normalized spacial score (nSPS) is 15.5. The summed E-state index contributed by atoms with van der Waals surface area (Å²) in [6.07, 6.45) is 0. The van der Waals surface area contributed by atoms with Crippen molar-refractivity contribution in [1.29, 1.82) is 0 Å². The summed E-state index contributed by atoms with van der Waals surface area (Å²) in [6.45, 7) is 4.77. The second-order valence-corrected chi connectivity index (χ2v) is 12.1. The highest BCUT2D eigenvalue weighted by atomic mass is 32.2. The van der Waals surface area contributed by atoms with Crippen LogP contribution in [0.4, 0.5) is 4.39 Å². The fourth-order valence-electron chi connectivity index (χ4n) is 5.12. The van der Waals surface area contributed by atoms with E-state index in [1.807, 2.05) is 37.3 Å². The number of rotatable bonds is 11. The van der Waals surface area contributed by atoms with Gasteiger partial charge in [0.05, 0.1) is 10.4 Å². The van der Waals surface area contributed by atoms with Crippen molar-refractivity contribution in [2.24, 2.45) is 0 Å². The molecule has 1 aliphatic heterocycles. The van der Waals surface area contributed by atoms with E-state index in [1.54, 1.807) is 29.2 Å². The van der Waals surface area contributed by atoms with E-state index < -0.39 is 22.0 Å². The summed E-state index contributed by atoms with van der Waals surface area (Å²) in [6, 6.07) is 21.1. The summed E-state index contributed by atoms with van der Waals surface area (Å²) in [5.74, 6) is -0.869. The van der Waals surface area contributed by atoms with Crippen LogP contribution >= 0.6 is 0 Å². The second kappa shape index (κ2) is 13.0. The summed E-state index contributed by atoms with van der Waals surface area (Å²) in [5.41, 5.74) is 3.72. The Labute approximate surface area is 244 Å². The number of fused-ring (bicyclic) bond motifs is 1. The molecule has 0 bridgehead atoms. The maximum Gasteiger partial charge on any atom is 0.322 e. The molecule has 4 aromatic rings. The fraction of sp³-hybridized carbons (Fsp3) is 0.290. The quantitative estimate of drug-likeness (QED) is 0.271. The number of carboxylic acid groups (broad SMARTS) is 1. The van der Waals surface area contributed by atoms with Crippen molar-refractivity contribution in [1.82, 2.24) is 19.5 Å². The van der Waals surface area contributed by atoms with Gasteiger partial charge in [0.15, 0.2) is 0 Å². The molecule has 2 N–H and O–H groups in total. The molecule has 5 rings (SSSR count). The van der Waals surface area contributed by atoms with E-state index >= 15 is 0 Å². The molecule has 1 aromatic heterocycles. The lowest BCUT2D eigenvalue weighted by Crippen LogP contribution is -2.55. The van der Waals surface area contributed by atoms with E-state index in [1.165, 1.54) is 24.3 Å². The van der Waals surface area contributed by atoms with Gasteiger partial charge >= 0.3 is 5.97 Å². The van der Waals surface area contributed by atoms with Gasteiger partial charge in [-0.15, -0.1) is 0 Å². The molecule has 9 nitrogen and oxygen atoms in total. The van der Waals surface area contributed by atoms with Crippen LogP contribution in [0.3, 0.4) is 0 Å². The minimum absolute atomic E-state index is 0.0216. The zero-order valence-corrected chi connectivity index (χ0v) is 24.1. The number of para-hydroxylation sites is 1. The third-order valence-electron chi connectivity index (χ3n) is 7.38. The van der Waals surface area contributed by atoms with Crippen molar-refractivity contribution in [2.45, 2.75) is 31.0 Å². The molecule has 1 atom stereocenters. The smallest absolute Gasteiger partial charge is 0.322 e. The highest BCUT2D eigenvalue weighted by molar-refractivity contribution is 7.89. The van der Waals surface area contributed by atoms with Gasteiger partial charge in [-0.1, -0.05) is 30.3 Å². The average molecular weight is 593 g/mol. The number of aryl methyl sites for hydroxylation is 1. The van der Waals surface area contributed by atoms with Crippen LogP contribution in [-0.2, 0) is 28.0 Å². The zero-order chi connectivity index (χ0) is 29.7. The summed E-state index contributed by atoms with van der Waals surface area (Å²) in [7, 11) is -3.95. The minimum atomic E-state index is -3.95. The lowest BCUT2D eigenvalue weighted by molar-refractivity contribution is -0.143. The Hall–Kier alpha value is -3.90. The van der Waals surface area contributed by atoms with Crippen molar-refractivity contribution in [3.63, 3.8) is 0 Å². The molecule has 0 spiro atoms. The van der Waals surface area contributed by atoms with Gasteiger partial charge in [0.1, 0.15) is 24.2 Å². The Kier molecular flexibility index (Phi) is 9.12. The van der Waals surface area contributed by atoms with Gasteiger partial charge in [0, 0.05) is 55.9 Å². The van der Waals surface area contributed by atoms with E-state index in [4.69, 9.17) is 4.74 Å². The number of carboxylic acids is 1. The first kappa shape index (κ1) is 29.6. The van der Waals surface area contributed by atoms with E-state index in [-0.39, 0.29) is 17.3 Å². The Bertz CT molecular complexity index is 1640. The Morgan fingerprint density at radius 3 is 2.40 bits per heavy atom. The van der Waals surface area contributed by atoms with Gasteiger partial charge in [-0.2, -0.15) is 0 Å². The van der Waals surface area contributed by atoms with Crippen LogP contribution in [-0.4, -0.2) is 73.0 Å². The second-order valence-electron chi connectivity index (χ2n) is 10.3. The molecule has 1 saturated heterocycles. The number of nitrogens with one attached hydrogen (secondary N) is 1. The van der Waals surface area contributed by atoms with Gasteiger partial charge in [0.2, 0.25) is 10.0 Å². The molecule has 42 heavy (non-hydrogen) atoms. The number of nitrogens with zero attached hydrogens (tertiary/aromatic N) is 3. The first-order chi connectivity index (χ1) is 20.2. The number of halogens is 1. The van der Waals surface area contributed by atoms with Crippen molar-refractivity contribution < 1.29 is 27.4 Å². The van der Waals surface area contributed by atoms with E-state index in [2.05, 4.69) is 14.6 Å². The maximum atomic E-state index is 13.2. The van der Waals surface area contributed by atoms with Crippen molar-refractivity contribution in [3.8, 4) is 5.75 Å². The SMILES string of the molecule is Cc1cc(COc2ccc(S(=O)(=O)NCC(C(=O)O)N3CCN(Cc4ccc(F)cc4)CC3)cc2)c2ccccc2n1. The Morgan fingerprint density at radius 2 is 1.71 bits per heavy atom. The molecule has 0 saturated carbocycles. The van der Waals surface area contributed by atoms with Crippen LogP contribution in [0.15, 0.2) is 83.8 Å². The number of aromatic nitrogens is 1. The average Bonchev–Trinajstić information content (AvgIpc) is 2.98. The van der Waals surface area contributed by atoms with Crippen LogP contribution in [0.25, 0.3) is 10.9 Å². The number of ether oxygens (including phenoxy) is 1. The number of carbonyl (C=O) groups is 1. The number of hydrogen-bond donors (Lipinski definition) is 2. The lowest BCUT2D eigenvalue weighted by atomic mass is 10.1. The van der Waals surface area contributed by atoms with Crippen LogP contribution in [0, 0.1) is 12.7 Å². The monoisotopic (exact) mass is 592 g/mol. The summed E-state index contributed by atoms with van der Waals surface area (Å²) >= 11 is 0. The number of hydrogen-bond acceptors (Lipinski definition) is 7. The van der Waals surface area contributed by atoms with Gasteiger partial charge in [-0.3, -0.25) is 19.6 Å². The molecule has 0 aliphatic carbocycles. The molecule has 1 fully saturated rings. The van der Waals surface area contributed by atoms with Crippen LogP contribution in [0.5, 0.6) is 5.75 Å². The number of sulfonamides is 1. The molecule has 0 amide bonds. The lowest BCUT2D eigenvalue weighted by Gasteiger charge is -2.37. The molecule has 11 heteroatoms. The summed E-state index contributed by atoms with van der Waals surface area (Å²) in [4.78, 5) is 20.5. The van der Waals surface area contributed by atoms with E-state index in [9.17, 15) is 22.7 Å². The third kappa shape index (κ3) is 7.29. The van der Waals surface area contributed by atoms with Gasteiger partial charge in [-0.05, 0) is 61.0 Å². The topological polar surface area (TPSA) is 112 Å². The number of aliphatic carboxylic acids is 1. The first-order valence-electron chi connectivity index (χ1n) is 13.7. The molecule has 0 radical (unpaired) electrons. The highest BCUT2D eigenvalue weighted by Gasteiger charge is 2.30. The largest absolute Gasteiger partial charge is 0.489 e. The molecular formula is C31H33FN4O5S. The standard InChI is InChI=1S/C31H33FN4O5S/c1-22-18-24(28-4-2-3-5-29(28)34-22)21-41-26-10-12-27(13-11-26)42(39,40)33-19-30(31(37)38)36-16-14-35(15-17-36)20-23-6-8-25(32)9-7-23/h2-13,18,30,33H,14-17,19-21H2,1H3,(H,37,38). The van der Waals surface area contributed by atoms with Gasteiger partial charge < -0.3 is 9.84 Å². The van der Waals surface area contributed by atoms with Gasteiger partial charge in [0.25, 0.3) is 0 Å². The Morgan fingerprint density at radius 1 is 1.02 bits per heavy atom. The Balaban J connectivity index is 1.15. The van der Waals surface area contributed by atoms with Crippen molar-refractivity contribution >= 4 is 26.9 Å². The molecule has 3 aromatic carbocycles. The molecule has 1 aliphatic rings. The van der Waals surface area contributed by atoms with Crippen LogP contribution in [0.1, 0.15) is 16.8 Å². The minimum Gasteiger partial charge on any atom is -0.489 e. The molecule has 1 unspecified atom stereocenters. The van der Waals surface area contributed by atoms with E-state index in [0.717, 1.165) is 27.7 Å². The van der Waals surface area contributed by atoms with Crippen LogP contribution < -0.4 is 9.46 Å². The third-order valence-corrected chi connectivity index (χ3v) is 8.82. The van der Waals surface area contributed by atoms with Gasteiger partial charge in [-0.25, -0.2) is 17.5 Å². The number of piperazine rings is 1. The van der Waals surface area contributed by atoms with Crippen molar-refractivity contribution in [3.05, 3.63) is 102 Å². The summed E-state index contributed by atoms with van der Waals surface area (Å²) < 4.78 is 47.6. The zero-order valence-electron chi connectivity index (χ0n) is 23.2. The van der Waals surface area contributed by atoms with Crippen molar-refractivity contribution in [2.75, 3.05) is 32.7 Å². The van der Waals surface area contributed by atoms with E-state index in [0.29, 0.717) is 45.1 Å². The van der Waals surface area contributed by atoms with Crippen LogP contribution in [0.2, 0.25) is 0 Å². The molecule has 220 valence electrons. The fourth-order valence-corrected chi connectivity index (χ4v) is 6.15. The molecule has 2 heterocycles. The highest BCUT2D eigenvalue weighted by Crippen LogP contribution is 2.22. The molecular weight excluding hydrogens is 559 g/mol. The first-order valence-corrected chi connectivity index (χ1v) is 15.2. The summed E-state index contributed by atoms with van der Waals surface area (Å²) in [5, 5.41) is 10.8. The predicted molar refractivity (Wildman–Crippen MR) is 157 cm³/mol. The number of pyridine rings is 1.